The lowest BCUT2D eigenvalue weighted by atomic mass is 9.75. The van der Waals surface area contributed by atoms with Gasteiger partial charge in [-0.15, -0.1) is 10.2 Å². The lowest BCUT2D eigenvalue weighted by Gasteiger charge is -2.38. The summed E-state index contributed by atoms with van der Waals surface area (Å²) in [5.74, 6) is 0.668. The number of anilines is 2. The van der Waals surface area contributed by atoms with Crippen LogP contribution in [0.15, 0.2) is 63.5 Å². The molecule has 1 amide bonds. The summed E-state index contributed by atoms with van der Waals surface area (Å²) < 4.78 is 11.4. The van der Waals surface area contributed by atoms with Gasteiger partial charge < -0.3 is 20.5 Å². The molecule has 11 nitrogen and oxygen atoms in total. The lowest BCUT2D eigenvalue weighted by Crippen LogP contribution is -2.38. The summed E-state index contributed by atoms with van der Waals surface area (Å²) in [7, 11) is 3.07. The SMILES string of the molecule is COc1ccc(C2C(C#N)=C(N)N(c3nnc(SCC(=O)Nc4ccc(Cl)cn4)s3)C3=C2C(=O)CCC3)cc1OC. The molecule has 0 fully saturated rings. The summed E-state index contributed by atoms with van der Waals surface area (Å²) in [4.78, 5) is 31.5. The second-order valence-electron chi connectivity index (χ2n) is 8.98. The minimum atomic E-state index is -0.661. The largest absolute Gasteiger partial charge is 0.493 e. The highest BCUT2D eigenvalue weighted by Gasteiger charge is 2.41. The van der Waals surface area contributed by atoms with Crippen LogP contribution in [0.3, 0.4) is 0 Å². The smallest absolute Gasteiger partial charge is 0.235 e. The molecule has 0 bridgehead atoms. The molecule has 0 saturated heterocycles. The van der Waals surface area contributed by atoms with Crippen LogP contribution < -0.4 is 25.4 Å². The van der Waals surface area contributed by atoms with Gasteiger partial charge in [-0.05, 0) is 42.7 Å². The van der Waals surface area contributed by atoms with Crippen LogP contribution >= 0.6 is 34.7 Å². The number of allylic oxidation sites excluding steroid dienone is 3. The summed E-state index contributed by atoms with van der Waals surface area (Å²) >= 11 is 8.26. The Morgan fingerprint density at radius 2 is 2.05 bits per heavy atom. The van der Waals surface area contributed by atoms with Gasteiger partial charge in [-0.1, -0.05) is 40.8 Å². The van der Waals surface area contributed by atoms with E-state index in [9.17, 15) is 14.9 Å². The molecule has 3 aromatic rings. The number of methoxy groups -OCH3 is 2. The molecule has 14 heteroatoms. The van der Waals surface area contributed by atoms with Crippen LogP contribution in [-0.2, 0) is 9.59 Å². The Morgan fingerprint density at radius 3 is 2.76 bits per heavy atom. The summed E-state index contributed by atoms with van der Waals surface area (Å²) in [6.07, 6.45) is 3.02. The van der Waals surface area contributed by atoms with Gasteiger partial charge in [0.2, 0.25) is 11.0 Å². The number of aromatic nitrogens is 3. The molecule has 1 unspecified atom stereocenters. The maximum absolute atomic E-state index is 13.4. The number of Topliss-reactive ketones (excluding diaryl/α,β-unsaturated/α-hetero) is 1. The van der Waals surface area contributed by atoms with Crippen LogP contribution in [-0.4, -0.2) is 46.8 Å². The number of benzene rings is 1. The Labute approximate surface area is 249 Å². The van der Waals surface area contributed by atoms with E-state index in [0.29, 0.717) is 67.9 Å². The van der Waals surface area contributed by atoms with Crippen molar-refractivity contribution in [3.63, 3.8) is 0 Å². The van der Waals surface area contributed by atoms with E-state index in [1.807, 2.05) is 6.07 Å². The van der Waals surface area contributed by atoms with E-state index in [4.69, 9.17) is 26.8 Å². The number of halogens is 1. The first-order valence-electron chi connectivity index (χ1n) is 12.4. The molecular formula is C27H24ClN7O4S2. The third-order valence-corrected chi connectivity index (χ3v) is 8.83. The number of ketones is 1. The number of carbonyl (C=O) groups excluding carboxylic acids is 2. The molecule has 41 heavy (non-hydrogen) atoms. The number of hydrogen-bond donors (Lipinski definition) is 2. The van der Waals surface area contributed by atoms with Crippen molar-refractivity contribution >= 4 is 57.3 Å². The molecule has 2 aliphatic rings. The highest BCUT2D eigenvalue weighted by molar-refractivity contribution is 8.01. The predicted molar refractivity (Wildman–Crippen MR) is 156 cm³/mol. The van der Waals surface area contributed by atoms with E-state index in [2.05, 4.69) is 26.6 Å². The minimum Gasteiger partial charge on any atom is -0.493 e. The fraction of sp³-hybridized carbons (Fsp3) is 0.259. The second-order valence-corrected chi connectivity index (χ2v) is 11.6. The van der Waals surface area contributed by atoms with Gasteiger partial charge in [-0.25, -0.2) is 4.98 Å². The summed E-state index contributed by atoms with van der Waals surface area (Å²) in [5, 5.41) is 22.4. The maximum Gasteiger partial charge on any atom is 0.235 e. The van der Waals surface area contributed by atoms with Crippen molar-refractivity contribution in [3.05, 3.63) is 69.8 Å². The number of rotatable bonds is 8. The van der Waals surface area contributed by atoms with Gasteiger partial charge in [0.25, 0.3) is 0 Å². The number of nitrogens with one attached hydrogen (secondary N) is 1. The highest BCUT2D eigenvalue weighted by atomic mass is 35.5. The molecule has 0 saturated carbocycles. The van der Waals surface area contributed by atoms with Crippen LogP contribution in [0.2, 0.25) is 5.02 Å². The van der Waals surface area contributed by atoms with Gasteiger partial charge in [-0.2, -0.15) is 5.26 Å². The van der Waals surface area contributed by atoms with E-state index in [-0.39, 0.29) is 28.8 Å². The van der Waals surface area contributed by atoms with Crippen molar-refractivity contribution in [1.82, 2.24) is 15.2 Å². The number of amides is 1. The Morgan fingerprint density at radius 1 is 1.24 bits per heavy atom. The first-order valence-corrected chi connectivity index (χ1v) is 14.6. The number of carbonyl (C=O) groups is 2. The zero-order chi connectivity index (χ0) is 29.1. The second kappa shape index (κ2) is 12.2. The topological polar surface area (TPSA) is 156 Å². The number of hydrogen-bond acceptors (Lipinski definition) is 12. The van der Waals surface area contributed by atoms with Gasteiger partial charge in [0.15, 0.2) is 21.6 Å². The first kappa shape index (κ1) is 28.4. The minimum absolute atomic E-state index is 0.0529. The molecule has 1 atom stereocenters. The molecule has 210 valence electrons. The number of nitrogens with zero attached hydrogens (tertiary/aromatic N) is 5. The molecule has 1 aromatic carbocycles. The average Bonchev–Trinajstić information content (AvgIpc) is 3.45. The maximum atomic E-state index is 13.4. The fourth-order valence-corrected chi connectivity index (χ4v) is 6.57. The lowest BCUT2D eigenvalue weighted by molar-refractivity contribution is -0.116. The highest BCUT2D eigenvalue weighted by Crippen LogP contribution is 2.48. The predicted octanol–water partition coefficient (Wildman–Crippen LogP) is 4.64. The number of ether oxygens (including phenoxy) is 2. The van der Waals surface area contributed by atoms with E-state index < -0.39 is 5.92 Å². The molecule has 5 rings (SSSR count). The van der Waals surface area contributed by atoms with E-state index in [1.165, 1.54) is 43.5 Å². The molecule has 1 aliphatic heterocycles. The van der Waals surface area contributed by atoms with Crippen molar-refractivity contribution in [1.29, 1.82) is 5.26 Å². The molecule has 3 heterocycles. The van der Waals surface area contributed by atoms with Gasteiger partial charge in [0.1, 0.15) is 11.6 Å². The zero-order valence-electron chi connectivity index (χ0n) is 22.0. The Hall–Kier alpha value is -4.12. The molecule has 3 N–H and O–H groups in total. The number of pyridine rings is 1. The van der Waals surface area contributed by atoms with Crippen molar-refractivity contribution < 1.29 is 19.1 Å². The van der Waals surface area contributed by atoms with Gasteiger partial charge >= 0.3 is 0 Å². The Kier molecular flexibility index (Phi) is 8.44. The molecule has 2 aromatic heterocycles. The molecule has 1 aliphatic carbocycles. The van der Waals surface area contributed by atoms with Crippen LogP contribution in [0.4, 0.5) is 10.9 Å². The van der Waals surface area contributed by atoms with E-state index >= 15 is 0 Å². The summed E-state index contributed by atoms with van der Waals surface area (Å²) in [5.41, 5.74) is 8.75. The zero-order valence-corrected chi connectivity index (χ0v) is 24.4. The van der Waals surface area contributed by atoms with Crippen molar-refractivity contribution in [3.8, 4) is 17.6 Å². The first-order chi connectivity index (χ1) is 19.8. The molecule has 0 spiro atoms. The van der Waals surface area contributed by atoms with E-state index in [0.717, 1.165) is 0 Å². The normalized spacial score (nSPS) is 16.8. The Bertz CT molecular complexity index is 1610. The van der Waals surface area contributed by atoms with Crippen molar-refractivity contribution in [2.75, 3.05) is 30.2 Å². The number of nitrogens with two attached hydrogens (primary N) is 1. The van der Waals surface area contributed by atoms with Gasteiger partial charge in [0.05, 0.1) is 42.6 Å². The Balaban J connectivity index is 1.44. The van der Waals surface area contributed by atoms with Crippen molar-refractivity contribution in [2.24, 2.45) is 5.73 Å². The summed E-state index contributed by atoms with van der Waals surface area (Å²) in [6.45, 7) is 0. The van der Waals surface area contributed by atoms with Crippen LogP contribution in [0.25, 0.3) is 0 Å². The van der Waals surface area contributed by atoms with E-state index in [1.54, 1.807) is 29.2 Å². The average molecular weight is 610 g/mol. The third-order valence-electron chi connectivity index (χ3n) is 6.56. The van der Waals surface area contributed by atoms with Crippen LogP contribution in [0.5, 0.6) is 11.5 Å². The molecular weight excluding hydrogens is 586 g/mol. The van der Waals surface area contributed by atoms with Crippen LogP contribution in [0, 0.1) is 11.3 Å². The fourth-order valence-electron chi connectivity index (χ4n) is 4.78. The van der Waals surface area contributed by atoms with Crippen LogP contribution in [0.1, 0.15) is 30.7 Å². The molecule has 0 radical (unpaired) electrons. The monoisotopic (exact) mass is 609 g/mol. The van der Waals surface area contributed by atoms with Crippen molar-refractivity contribution in [2.45, 2.75) is 29.5 Å². The van der Waals surface area contributed by atoms with Gasteiger partial charge in [0, 0.05) is 23.9 Å². The quantitative estimate of drug-likeness (QED) is 0.343. The standard InChI is InChI=1S/C27H24ClN7O4S2/c1-38-19-8-6-14(10-20(19)39-2)23-16(11-29)25(30)35(17-4-3-5-18(36)24(17)23)26-33-34-27(41-26)40-13-22(37)32-21-9-7-15(28)12-31-21/h6-10,12,23H,3-5,13,30H2,1-2H3,(H,31,32,37). The number of thioether (sulfide) groups is 1. The summed E-state index contributed by atoms with van der Waals surface area (Å²) in [6, 6.07) is 10.8. The number of nitriles is 1. The third kappa shape index (κ3) is 5.72. The van der Waals surface area contributed by atoms with Gasteiger partial charge in [-0.3, -0.25) is 14.5 Å².